The average molecular weight is 409 g/mol. The molecule has 9 heteroatoms. The number of benzene rings is 2. The van der Waals surface area contributed by atoms with Crippen molar-refractivity contribution in [2.75, 3.05) is 11.9 Å². The highest BCUT2D eigenvalue weighted by Crippen LogP contribution is 2.29. The third-order valence-electron chi connectivity index (χ3n) is 3.75. The molecule has 0 aliphatic rings. The Hall–Kier alpha value is -3.36. The number of rotatable bonds is 7. The maximum absolute atomic E-state index is 12.5. The quantitative estimate of drug-likeness (QED) is 0.555. The van der Waals surface area contributed by atoms with E-state index in [1.165, 1.54) is 19.9 Å². The van der Waals surface area contributed by atoms with Crippen molar-refractivity contribution < 1.29 is 37.0 Å². The summed E-state index contributed by atoms with van der Waals surface area (Å²) in [5.41, 5.74) is -0.302. The van der Waals surface area contributed by atoms with Gasteiger partial charge in [-0.3, -0.25) is 9.59 Å². The summed E-state index contributed by atoms with van der Waals surface area (Å²) in [5, 5.41) is 2.36. The van der Waals surface area contributed by atoms with E-state index < -0.39 is 36.3 Å². The number of nitrogens with one attached hydrogen (secondary N) is 1. The molecule has 0 aromatic heterocycles. The molecule has 0 radical (unpaired) electrons. The van der Waals surface area contributed by atoms with E-state index in [0.717, 1.165) is 24.3 Å². The molecule has 2 aromatic carbocycles. The first-order valence-corrected chi connectivity index (χ1v) is 8.47. The van der Waals surface area contributed by atoms with Crippen LogP contribution in [0.4, 0.5) is 18.9 Å². The summed E-state index contributed by atoms with van der Waals surface area (Å²) >= 11 is 0. The molecule has 0 fully saturated rings. The summed E-state index contributed by atoms with van der Waals surface area (Å²) in [4.78, 5) is 35.2. The molecule has 29 heavy (non-hydrogen) atoms. The lowest BCUT2D eigenvalue weighted by molar-refractivity contribution is -0.155. The third kappa shape index (κ3) is 6.63. The SMILES string of the molecule is CC(=O)c1cccc(OCC(=O)O[C@H](C)C(=O)Nc2ccc(C(F)(F)F)cc2)c1. The van der Waals surface area contributed by atoms with Gasteiger partial charge in [0.25, 0.3) is 5.91 Å². The van der Waals surface area contributed by atoms with Gasteiger partial charge >= 0.3 is 12.1 Å². The number of amides is 1. The molecule has 0 saturated carbocycles. The molecule has 0 bridgehead atoms. The van der Waals surface area contributed by atoms with Crippen molar-refractivity contribution in [1.29, 1.82) is 0 Å². The molecular formula is C20H18F3NO5. The van der Waals surface area contributed by atoms with E-state index in [1.54, 1.807) is 18.2 Å². The van der Waals surface area contributed by atoms with E-state index in [0.29, 0.717) is 5.56 Å². The summed E-state index contributed by atoms with van der Waals surface area (Å²) in [6.07, 6.45) is -5.67. The number of esters is 1. The van der Waals surface area contributed by atoms with Gasteiger partial charge in [0, 0.05) is 11.3 Å². The Kier molecular flexibility index (Phi) is 6.98. The number of ketones is 1. The Bertz CT molecular complexity index is 894. The van der Waals surface area contributed by atoms with E-state index in [-0.39, 0.29) is 17.2 Å². The van der Waals surface area contributed by atoms with Gasteiger partial charge in [0.1, 0.15) is 5.75 Å². The van der Waals surface area contributed by atoms with Gasteiger partial charge in [-0.2, -0.15) is 13.2 Å². The number of Topliss-reactive ketones (excluding diaryl/α,β-unsaturated/α-hetero) is 1. The first kappa shape index (κ1) is 21.9. The van der Waals surface area contributed by atoms with Crippen molar-refractivity contribution in [2.24, 2.45) is 0 Å². The molecular weight excluding hydrogens is 391 g/mol. The predicted molar refractivity (Wildman–Crippen MR) is 97.6 cm³/mol. The number of anilines is 1. The van der Waals surface area contributed by atoms with Gasteiger partial charge in [-0.05, 0) is 50.2 Å². The average Bonchev–Trinajstić information content (AvgIpc) is 2.66. The van der Waals surface area contributed by atoms with Crippen molar-refractivity contribution in [3.63, 3.8) is 0 Å². The van der Waals surface area contributed by atoms with Crippen molar-refractivity contribution in [1.82, 2.24) is 0 Å². The second-order valence-corrected chi connectivity index (χ2v) is 6.07. The normalized spacial score (nSPS) is 12.0. The van der Waals surface area contributed by atoms with Gasteiger partial charge < -0.3 is 14.8 Å². The standard InChI is InChI=1S/C20H18F3NO5/c1-12(25)14-4-3-5-17(10-14)28-11-18(26)29-13(2)19(27)24-16-8-6-15(7-9-16)20(21,22)23/h3-10,13H,11H2,1-2H3,(H,24,27)/t13-/m1/s1. The van der Waals surface area contributed by atoms with E-state index in [4.69, 9.17) is 9.47 Å². The number of carbonyl (C=O) groups excluding carboxylic acids is 3. The minimum Gasteiger partial charge on any atom is -0.482 e. The van der Waals surface area contributed by atoms with Gasteiger partial charge in [-0.25, -0.2) is 4.79 Å². The molecule has 1 atom stereocenters. The number of halogens is 3. The minimum absolute atomic E-state index is 0.128. The Labute approximate surface area is 164 Å². The van der Waals surface area contributed by atoms with Crippen LogP contribution in [0.5, 0.6) is 5.75 Å². The van der Waals surface area contributed by atoms with Crippen molar-refractivity contribution in [2.45, 2.75) is 26.1 Å². The molecule has 0 aliphatic carbocycles. The van der Waals surface area contributed by atoms with Crippen LogP contribution >= 0.6 is 0 Å². The highest BCUT2D eigenvalue weighted by atomic mass is 19.4. The zero-order chi connectivity index (χ0) is 21.6. The van der Waals surface area contributed by atoms with E-state index in [2.05, 4.69) is 5.32 Å². The van der Waals surface area contributed by atoms with Crippen molar-refractivity contribution >= 4 is 23.3 Å². The Morgan fingerprint density at radius 2 is 1.72 bits per heavy atom. The molecule has 6 nitrogen and oxygen atoms in total. The van der Waals surface area contributed by atoms with Crippen LogP contribution < -0.4 is 10.1 Å². The molecule has 1 N–H and O–H groups in total. The molecule has 2 aromatic rings. The zero-order valence-electron chi connectivity index (χ0n) is 15.6. The number of alkyl halides is 3. The maximum atomic E-state index is 12.5. The monoisotopic (exact) mass is 409 g/mol. The number of carbonyl (C=O) groups is 3. The number of hydrogen-bond acceptors (Lipinski definition) is 5. The van der Waals surface area contributed by atoms with Gasteiger partial charge in [-0.1, -0.05) is 12.1 Å². The lowest BCUT2D eigenvalue weighted by Gasteiger charge is -2.14. The largest absolute Gasteiger partial charge is 0.482 e. The molecule has 154 valence electrons. The van der Waals surface area contributed by atoms with Crippen LogP contribution in [-0.2, 0) is 20.5 Å². The van der Waals surface area contributed by atoms with Crippen LogP contribution in [0.25, 0.3) is 0 Å². The van der Waals surface area contributed by atoms with Crippen molar-refractivity contribution in [3.8, 4) is 5.75 Å². The molecule has 0 spiro atoms. The number of ether oxygens (including phenoxy) is 2. The van der Waals surface area contributed by atoms with Gasteiger partial charge in [0.05, 0.1) is 5.56 Å². The maximum Gasteiger partial charge on any atom is 0.416 e. The van der Waals surface area contributed by atoms with Crippen LogP contribution in [0.3, 0.4) is 0 Å². The fourth-order valence-electron chi connectivity index (χ4n) is 2.22. The topological polar surface area (TPSA) is 81.7 Å². The smallest absolute Gasteiger partial charge is 0.416 e. The zero-order valence-corrected chi connectivity index (χ0v) is 15.6. The van der Waals surface area contributed by atoms with Crippen LogP contribution in [-0.4, -0.2) is 30.4 Å². The van der Waals surface area contributed by atoms with Crippen LogP contribution in [0.1, 0.15) is 29.8 Å². The third-order valence-corrected chi connectivity index (χ3v) is 3.75. The molecule has 0 saturated heterocycles. The lowest BCUT2D eigenvalue weighted by atomic mass is 10.1. The molecule has 2 rings (SSSR count). The predicted octanol–water partition coefficient (Wildman–Crippen LogP) is 3.86. The molecule has 1 amide bonds. The lowest BCUT2D eigenvalue weighted by Crippen LogP contribution is -2.31. The van der Waals surface area contributed by atoms with E-state index >= 15 is 0 Å². The second-order valence-electron chi connectivity index (χ2n) is 6.07. The summed E-state index contributed by atoms with van der Waals surface area (Å²) in [5.74, 6) is -1.41. The first-order valence-electron chi connectivity index (χ1n) is 8.47. The van der Waals surface area contributed by atoms with Crippen LogP contribution in [0, 0.1) is 0 Å². The van der Waals surface area contributed by atoms with E-state index in [9.17, 15) is 27.6 Å². The van der Waals surface area contributed by atoms with Crippen LogP contribution in [0.2, 0.25) is 0 Å². The van der Waals surface area contributed by atoms with Gasteiger partial charge in [0.2, 0.25) is 0 Å². The fourth-order valence-corrected chi connectivity index (χ4v) is 2.22. The summed E-state index contributed by atoms with van der Waals surface area (Å²) in [7, 11) is 0. The Morgan fingerprint density at radius 1 is 1.07 bits per heavy atom. The Morgan fingerprint density at radius 3 is 2.31 bits per heavy atom. The fraction of sp³-hybridized carbons (Fsp3) is 0.250. The van der Waals surface area contributed by atoms with Gasteiger partial charge in [0.15, 0.2) is 18.5 Å². The minimum atomic E-state index is -4.48. The first-order chi connectivity index (χ1) is 13.6. The summed E-state index contributed by atoms with van der Waals surface area (Å²) < 4.78 is 47.8. The summed E-state index contributed by atoms with van der Waals surface area (Å²) in [6.45, 7) is 2.22. The molecule has 0 heterocycles. The highest BCUT2D eigenvalue weighted by molar-refractivity contribution is 5.95. The molecule has 0 aliphatic heterocycles. The van der Waals surface area contributed by atoms with Crippen LogP contribution in [0.15, 0.2) is 48.5 Å². The second kappa shape index (κ2) is 9.22. The van der Waals surface area contributed by atoms with Crippen molar-refractivity contribution in [3.05, 3.63) is 59.7 Å². The van der Waals surface area contributed by atoms with Gasteiger partial charge in [-0.15, -0.1) is 0 Å². The Balaban J connectivity index is 1.85. The molecule has 0 unspecified atom stereocenters. The number of hydrogen-bond donors (Lipinski definition) is 1. The van der Waals surface area contributed by atoms with E-state index in [1.807, 2.05) is 0 Å². The summed E-state index contributed by atoms with van der Waals surface area (Å²) in [6, 6.07) is 10.1. The highest BCUT2D eigenvalue weighted by Gasteiger charge is 2.30.